The fourth-order valence-corrected chi connectivity index (χ4v) is 4.22. The van der Waals surface area contributed by atoms with E-state index < -0.39 is 0 Å². The van der Waals surface area contributed by atoms with E-state index in [0.29, 0.717) is 5.92 Å². The highest BCUT2D eigenvalue weighted by Gasteiger charge is 2.66. The maximum Gasteiger partial charge on any atom is 0.238 e. The lowest BCUT2D eigenvalue weighted by atomic mass is 9.94. The number of thiophene rings is 1. The van der Waals surface area contributed by atoms with Crippen LogP contribution in [0.5, 0.6) is 0 Å². The molecule has 1 aliphatic carbocycles. The number of fused-ring (bicyclic) bond motifs is 2. The highest BCUT2D eigenvalue weighted by atomic mass is 32.1. The van der Waals surface area contributed by atoms with Crippen LogP contribution in [0.2, 0.25) is 0 Å². The molecule has 90 valence electrons. The lowest BCUT2D eigenvalue weighted by Gasteiger charge is -2.10. The van der Waals surface area contributed by atoms with Gasteiger partial charge in [-0.3, -0.25) is 4.79 Å². The van der Waals surface area contributed by atoms with Gasteiger partial charge < -0.3 is 4.90 Å². The minimum absolute atomic E-state index is 0.254. The summed E-state index contributed by atoms with van der Waals surface area (Å²) in [5.74, 6) is 0.651. The fraction of sp³-hybridized carbons (Fsp3) is 0.267. The van der Waals surface area contributed by atoms with Crippen LogP contribution in [0.4, 0.5) is 5.69 Å². The molecule has 1 aliphatic heterocycles. The van der Waals surface area contributed by atoms with Crippen molar-refractivity contribution in [2.75, 3.05) is 11.9 Å². The van der Waals surface area contributed by atoms with Crippen LogP contribution in [0.1, 0.15) is 22.8 Å². The number of rotatable bonds is 1. The maximum absolute atomic E-state index is 12.6. The molecular formula is C15H13NOS. The molecule has 2 atom stereocenters. The van der Waals surface area contributed by atoms with Gasteiger partial charge in [0.2, 0.25) is 5.91 Å². The number of hydrogen-bond acceptors (Lipinski definition) is 2. The van der Waals surface area contributed by atoms with E-state index >= 15 is 0 Å². The summed E-state index contributed by atoms with van der Waals surface area (Å²) in [5, 5.41) is 2.09. The van der Waals surface area contributed by atoms with Crippen molar-refractivity contribution in [1.29, 1.82) is 0 Å². The van der Waals surface area contributed by atoms with Crippen molar-refractivity contribution < 1.29 is 4.79 Å². The van der Waals surface area contributed by atoms with Gasteiger partial charge in [0.1, 0.15) is 0 Å². The van der Waals surface area contributed by atoms with Gasteiger partial charge in [-0.15, -0.1) is 11.3 Å². The van der Waals surface area contributed by atoms with Gasteiger partial charge in [0.15, 0.2) is 0 Å². The van der Waals surface area contributed by atoms with Gasteiger partial charge in [0, 0.05) is 23.5 Å². The molecule has 0 radical (unpaired) electrons. The van der Waals surface area contributed by atoms with Crippen molar-refractivity contribution in [1.82, 2.24) is 0 Å². The van der Waals surface area contributed by atoms with E-state index in [2.05, 4.69) is 23.6 Å². The Morgan fingerprint density at radius 2 is 2.11 bits per heavy atom. The summed E-state index contributed by atoms with van der Waals surface area (Å²) >= 11 is 1.76. The quantitative estimate of drug-likeness (QED) is 0.766. The largest absolute Gasteiger partial charge is 0.314 e. The zero-order valence-corrected chi connectivity index (χ0v) is 10.9. The second kappa shape index (κ2) is 3.23. The van der Waals surface area contributed by atoms with Gasteiger partial charge in [0.05, 0.1) is 5.41 Å². The minimum atomic E-state index is -0.254. The second-order valence-corrected chi connectivity index (χ2v) is 6.10. The summed E-state index contributed by atoms with van der Waals surface area (Å²) in [4.78, 5) is 15.7. The molecule has 1 saturated carbocycles. The molecule has 4 rings (SSSR count). The molecule has 0 bridgehead atoms. The molecule has 0 unspecified atom stereocenters. The number of hydrogen-bond donors (Lipinski definition) is 0. The number of nitrogens with zero attached hydrogens (tertiary/aromatic N) is 1. The molecule has 2 aromatic rings. The first kappa shape index (κ1) is 10.3. The predicted molar refractivity (Wildman–Crippen MR) is 73.2 cm³/mol. The van der Waals surface area contributed by atoms with Crippen LogP contribution in [0.3, 0.4) is 0 Å². The topological polar surface area (TPSA) is 20.3 Å². The van der Waals surface area contributed by atoms with E-state index in [1.807, 2.05) is 30.1 Å². The Bertz CT molecular complexity index is 634. The Labute approximate surface area is 110 Å². The summed E-state index contributed by atoms with van der Waals surface area (Å²) in [7, 11) is 1.89. The molecule has 1 aromatic heterocycles. The first-order chi connectivity index (χ1) is 8.75. The molecule has 2 heterocycles. The highest BCUT2D eigenvalue weighted by molar-refractivity contribution is 7.10. The molecule has 2 nitrogen and oxygen atoms in total. The number of carbonyl (C=O) groups excluding carboxylic acids is 1. The number of amides is 1. The monoisotopic (exact) mass is 255 g/mol. The molecule has 0 N–H and O–H groups in total. The molecule has 1 amide bonds. The average molecular weight is 255 g/mol. The molecule has 1 aromatic carbocycles. The van der Waals surface area contributed by atoms with E-state index in [9.17, 15) is 4.79 Å². The van der Waals surface area contributed by atoms with Crippen molar-refractivity contribution in [3.63, 3.8) is 0 Å². The zero-order chi connectivity index (χ0) is 12.3. The van der Waals surface area contributed by atoms with Crippen molar-refractivity contribution >= 4 is 22.9 Å². The summed E-state index contributed by atoms with van der Waals surface area (Å²) < 4.78 is 0. The van der Waals surface area contributed by atoms with Gasteiger partial charge in [-0.2, -0.15) is 0 Å². The third-order valence-corrected chi connectivity index (χ3v) is 5.27. The second-order valence-electron chi connectivity index (χ2n) is 5.12. The lowest BCUT2D eigenvalue weighted by Crippen LogP contribution is -2.29. The summed E-state index contributed by atoms with van der Waals surface area (Å²) in [6, 6.07) is 12.4. The number of likely N-dealkylation sites (N-methyl/N-ethyl adjacent to an activating group) is 1. The Morgan fingerprint density at radius 3 is 2.89 bits per heavy atom. The van der Waals surface area contributed by atoms with Crippen LogP contribution in [-0.2, 0) is 10.2 Å². The SMILES string of the molecule is CN1C(=O)[C@]2(C[C@@H]2c2cccs2)c2ccccc21. The van der Waals surface area contributed by atoms with Crippen molar-refractivity contribution in [3.05, 3.63) is 52.2 Å². The van der Waals surface area contributed by atoms with Crippen LogP contribution in [-0.4, -0.2) is 13.0 Å². The Hall–Kier alpha value is -1.61. The number of anilines is 1. The predicted octanol–water partition coefficient (Wildman–Crippen LogP) is 3.15. The van der Waals surface area contributed by atoms with E-state index in [4.69, 9.17) is 0 Å². The van der Waals surface area contributed by atoms with Crippen molar-refractivity contribution in [3.8, 4) is 0 Å². The molecule has 3 heteroatoms. The van der Waals surface area contributed by atoms with Gasteiger partial charge in [-0.25, -0.2) is 0 Å². The lowest BCUT2D eigenvalue weighted by molar-refractivity contribution is -0.120. The van der Waals surface area contributed by atoms with Gasteiger partial charge in [-0.1, -0.05) is 24.3 Å². The average Bonchev–Trinajstić information content (AvgIpc) is 2.84. The van der Waals surface area contributed by atoms with Gasteiger partial charge >= 0.3 is 0 Å². The van der Waals surface area contributed by atoms with Crippen LogP contribution in [0.25, 0.3) is 0 Å². The Balaban J connectivity index is 1.86. The van der Waals surface area contributed by atoms with E-state index in [0.717, 1.165) is 12.1 Å². The van der Waals surface area contributed by atoms with Gasteiger partial charge in [-0.05, 0) is 29.5 Å². The summed E-state index contributed by atoms with van der Waals surface area (Å²) in [5.41, 5.74) is 2.05. The first-order valence-electron chi connectivity index (χ1n) is 6.16. The van der Waals surface area contributed by atoms with Crippen molar-refractivity contribution in [2.24, 2.45) is 0 Å². The van der Waals surface area contributed by atoms with Crippen LogP contribution in [0, 0.1) is 0 Å². The third kappa shape index (κ3) is 1.06. The van der Waals surface area contributed by atoms with Crippen LogP contribution in [0.15, 0.2) is 41.8 Å². The summed E-state index contributed by atoms with van der Waals surface area (Å²) in [6.07, 6.45) is 0.966. The minimum Gasteiger partial charge on any atom is -0.314 e. The molecule has 18 heavy (non-hydrogen) atoms. The number of carbonyl (C=O) groups is 1. The van der Waals surface area contributed by atoms with E-state index in [1.165, 1.54) is 10.4 Å². The van der Waals surface area contributed by atoms with Gasteiger partial charge in [0.25, 0.3) is 0 Å². The normalized spacial score (nSPS) is 28.8. The Morgan fingerprint density at radius 1 is 1.28 bits per heavy atom. The fourth-order valence-electron chi connectivity index (χ4n) is 3.30. The van der Waals surface area contributed by atoms with E-state index in [-0.39, 0.29) is 11.3 Å². The molecule has 0 saturated heterocycles. The molecule has 2 aliphatic rings. The molecule has 1 spiro atoms. The number of benzene rings is 1. The zero-order valence-electron chi connectivity index (χ0n) is 10.1. The Kier molecular flexibility index (Phi) is 1.86. The van der Waals surface area contributed by atoms with E-state index in [1.54, 1.807) is 11.3 Å². The standard InChI is InChI=1S/C15H13NOS/c1-16-12-6-3-2-5-10(12)15(14(16)17)9-11(15)13-7-4-8-18-13/h2-8,11H,9H2,1H3/t11-,15-/m1/s1. The van der Waals surface area contributed by atoms with Crippen LogP contribution >= 0.6 is 11.3 Å². The molecular weight excluding hydrogens is 242 g/mol. The molecule has 1 fully saturated rings. The third-order valence-electron chi connectivity index (χ3n) is 4.28. The van der Waals surface area contributed by atoms with Crippen LogP contribution < -0.4 is 4.90 Å². The maximum atomic E-state index is 12.6. The highest BCUT2D eigenvalue weighted by Crippen LogP contribution is 2.66. The smallest absolute Gasteiger partial charge is 0.238 e. The first-order valence-corrected chi connectivity index (χ1v) is 7.04. The summed E-state index contributed by atoms with van der Waals surface area (Å²) in [6.45, 7) is 0. The number of para-hydroxylation sites is 1. The van der Waals surface area contributed by atoms with Crippen molar-refractivity contribution in [2.45, 2.75) is 17.8 Å².